The molecule has 21 heavy (non-hydrogen) atoms. The van der Waals surface area contributed by atoms with Crippen LogP contribution in [0.3, 0.4) is 0 Å². The first kappa shape index (κ1) is 14.5. The number of imidazole rings is 2. The molecule has 0 saturated carbocycles. The standard InChI is InChI=1S/C11H14N6O4/c1-7-14-10(17(20)21)9(15(7)2)12-3-4-16-5-8(11(18)19)13-6-16/h5-6,12H,3-4H2,1-2H3,(H,18,19). The van der Waals surface area contributed by atoms with Gasteiger partial charge in [0.05, 0.1) is 6.33 Å². The van der Waals surface area contributed by atoms with E-state index in [1.54, 1.807) is 23.1 Å². The molecule has 0 aliphatic carbocycles. The zero-order chi connectivity index (χ0) is 15.6. The van der Waals surface area contributed by atoms with E-state index in [1.807, 2.05) is 0 Å². The Kier molecular flexibility index (Phi) is 3.87. The molecule has 2 rings (SSSR count). The molecule has 2 heterocycles. The van der Waals surface area contributed by atoms with E-state index < -0.39 is 10.9 Å². The second-order valence-electron chi connectivity index (χ2n) is 4.38. The van der Waals surface area contributed by atoms with E-state index in [2.05, 4.69) is 15.3 Å². The highest BCUT2D eigenvalue weighted by molar-refractivity contribution is 5.84. The van der Waals surface area contributed by atoms with Gasteiger partial charge in [0.15, 0.2) is 5.69 Å². The van der Waals surface area contributed by atoms with Crippen LogP contribution in [0.2, 0.25) is 0 Å². The second kappa shape index (κ2) is 5.61. The van der Waals surface area contributed by atoms with Gasteiger partial charge in [-0.1, -0.05) is 0 Å². The van der Waals surface area contributed by atoms with Crippen LogP contribution < -0.4 is 5.32 Å². The SMILES string of the molecule is Cc1nc([N+](=O)[O-])c(NCCn2cnc(C(=O)O)c2)n1C. The summed E-state index contributed by atoms with van der Waals surface area (Å²) < 4.78 is 3.18. The van der Waals surface area contributed by atoms with E-state index in [1.165, 1.54) is 12.5 Å². The molecule has 2 N–H and O–H groups in total. The molecule has 10 heteroatoms. The van der Waals surface area contributed by atoms with E-state index in [9.17, 15) is 14.9 Å². The Morgan fingerprint density at radius 1 is 1.57 bits per heavy atom. The predicted octanol–water partition coefficient (Wildman–Crippen LogP) is 0.644. The molecular weight excluding hydrogens is 280 g/mol. The molecule has 2 aromatic heterocycles. The molecule has 0 unspecified atom stereocenters. The lowest BCUT2D eigenvalue weighted by molar-refractivity contribution is -0.388. The Labute approximate surface area is 119 Å². The molecule has 112 valence electrons. The van der Waals surface area contributed by atoms with Crippen molar-refractivity contribution in [1.82, 2.24) is 19.1 Å². The summed E-state index contributed by atoms with van der Waals surface area (Å²) in [6, 6.07) is 0. The van der Waals surface area contributed by atoms with Gasteiger partial charge in [-0.3, -0.25) is 4.57 Å². The average molecular weight is 294 g/mol. The Morgan fingerprint density at radius 2 is 2.29 bits per heavy atom. The van der Waals surface area contributed by atoms with Crippen LogP contribution in [0.1, 0.15) is 16.3 Å². The Balaban J connectivity index is 2.03. The summed E-state index contributed by atoms with van der Waals surface area (Å²) >= 11 is 0. The number of carboxylic acid groups (broad SMARTS) is 1. The molecule has 0 fully saturated rings. The molecule has 0 aliphatic heterocycles. The summed E-state index contributed by atoms with van der Waals surface area (Å²) in [7, 11) is 1.68. The van der Waals surface area contributed by atoms with Gasteiger partial charge in [0.1, 0.15) is 0 Å². The fourth-order valence-corrected chi connectivity index (χ4v) is 1.81. The van der Waals surface area contributed by atoms with Crippen LogP contribution >= 0.6 is 0 Å². The number of carbonyl (C=O) groups is 1. The van der Waals surface area contributed by atoms with Crippen molar-refractivity contribution >= 4 is 17.6 Å². The Hall–Kier alpha value is -2.91. The van der Waals surface area contributed by atoms with Gasteiger partial charge < -0.3 is 25.1 Å². The first-order valence-corrected chi connectivity index (χ1v) is 6.06. The third kappa shape index (κ3) is 2.99. The first-order chi connectivity index (χ1) is 9.90. The molecule has 0 saturated heterocycles. The fourth-order valence-electron chi connectivity index (χ4n) is 1.81. The molecule has 0 spiro atoms. The number of nitrogens with zero attached hydrogens (tertiary/aromatic N) is 5. The minimum absolute atomic E-state index is 0.0441. The topological polar surface area (TPSA) is 128 Å². The molecule has 0 amide bonds. The van der Waals surface area contributed by atoms with E-state index in [-0.39, 0.29) is 11.5 Å². The van der Waals surface area contributed by atoms with Crippen LogP contribution in [0.25, 0.3) is 0 Å². The van der Waals surface area contributed by atoms with E-state index >= 15 is 0 Å². The first-order valence-electron chi connectivity index (χ1n) is 6.06. The number of aromatic nitrogens is 4. The van der Waals surface area contributed by atoms with E-state index in [0.717, 1.165) is 0 Å². The van der Waals surface area contributed by atoms with Crippen molar-refractivity contribution in [2.24, 2.45) is 7.05 Å². The van der Waals surface area contributed by atoms with Crippen LogP contribution in [0.5, 0.6) is 0 Å². The number of hydrogen-bond donors (Lipinski definition) is 2. The highest BCUT2D eigenvalue weighted by Crippen LogP contribution is 2.23. The lowest BCUT2D eigenvalue weighted by Gasteiger charge is -2.07. The van der Waals surface area contributed by atoms with Crippen LogP contribution in [-0.2, 0) is 13.6 Å². The van der Waals surface area contributed by atoms with E-state index in [0.29, 0.717) is 24.7 Å². The van der Waals surface area contributed by atoms with Gasteiger partial charge >= 0.3 is 11.8 Å². The number of rotatable bonds is 6. The summed E-state index contributed by atoms with van der Waals surface area (Å²) in [6.45, 7) is 2.46. The van der Waals surface area contributed by atoms with Crippen molar-refractivity contribution in [3.8, 4) is 0 Å². The number of nitro groups is 1. The lowest BCUT2D eigenvalue weighted by Crippen LogP contribution is -2.12. The Bertz CT molecular complexity index is 689. The summed E-state index contributed by atoms with van der Waals surface area (Å²) in [5.74, 6) is -0.484. The van der Waals surface area contributed by atoms with Gasteiger partial charge in [-0.25, -0.2) is 9.78 Å². The van der Waals surface area contributed by atoms with Crippen molar-refractivity contribution in [3.05, 3.63) is 34.2 Å². The monoisotopic (exact) mass is 294 g/mol. The molecule has 0 atom stereocenters. The molecule has 0 radical (unpaired) electrons. The molecule has 2 aromatic rings. The van der Waals surface area contributed by atoms with Crippen LogP contribution in [0, 0.1) is 17.0 Å². The molecule has 10 nitrogen and oxygen atoms in total. The lowest BCUT2D eigenvalue weighted by atomic mass is 10.5. The van der Waals surface area contributed by atoms with Crippen molar-refractivity contribution in [1.29, 1.82) is 0 Å². The fraction of sp³-hybridized carbons (Fsp3) is 0.364. The van der Waals surface area contributed by atoms with Crippen molar-refractivity contribution < 1.29 is 14.8 Å². The zero-order valence-corrected chi connectivity index (χ0v) is 11.5. The number of anilines is 1. The average Bonchev–Trinajstić information content (AvgIpc) is 2.98. The maximum absolute atomic E-state index is 10.9. The van der Waals surface area contributed by atoms with Gasteiger partial charge in [-0.2, -0.15) is 0 Å². The Morgan fingerprint density at radius 3 is 2.86 bits per heavy atom. The van der Waals surface area contributed by atoms with Crippen molar-refractivity contribution in [2.45, 2.75) is 13.5 Å². The van der Waals surface area contributed by atoms with Crippen LogP contribution in [0.15, 0.2) is 12.5 Å². The van der Waals surface area contributed by atoms with Gasteiger partial charge in [-0.15, -0.1) is 0 Å². The number of aromatic carboxylic acids is 1. The van der Waals surface area contributed by atoms with Crippen molar-refractivity contribution in [2.75, 3.05) is 11.9 Å². The van der Waals surface area contributed by atoms with Gasteiger partial charge in [0.2, 0.25) is 11.6 Å². The van der Waals surface area contributed by atoms with Crippen molar-refractivity contribution in [3.63, 3.8) is 0 Å². The largest absolute Gasteiger partial charge is 0.476 e. The minimum Gasteiger partial charge on any atom is -0.476 e. The van der Waals surface area contributed by atoms with Crippen LogP contribution in [-0.4, -0.2) is 41.6 Å². The molecule has 0 aromatic carbocycles. The minimum atomic E-state index is -1.10. The van der Waals surface area contributed by atoms with Crippen LogP contribution in [0.4, 0.5) is 11.6 Å². The number of nitrogens with one attached hydrogen (secondary N) is 1. The van der Waals surface area contributed by atoms with Gasteiger partial charge in [0, 0.05) is 33.3 Å². The smallest absolute Gasteiger partial charge is 0.406 e. The van der Waals surface area contributed by atoms with E-state index in [4.69, 9.17) is 5.11 Å². The summed E-state index contributed by atoms with van der Waals surface area (Å²) in [6.07, 6.45) is 2.79. The zero-order valence-electron chi connectivity index (χ0n) is 11.5. The van der Waals surface area contributed by atoms with Gasteiger partial charge in [0.25, 0.3) is 0 Å². The third-order valence-electron chi connectivity index (χ3n) is 2.99. The highest BCUT2D eigenvalue weighted by atomic mass is 16.6. The second-order valence-corrected chi connectivity index (χ2v) is 4.38. The maximum atomic E-state index is 10.9. The summed E-state index contributed by atoms with van der Waals surface area (Å²) in [5.41, 5.74) is -0.0441. The summed E-state index contributed by atoms with van der Waals surface area (Å²) in [4.78, 5) is 28.6. The highest BCUT2D eigenvalue weighted by Gasteiger charge is 2.22. The third-order valence-corrected chi connectivity index (χ3v) is 2.99. The maximum Gasteiger partial charge on any atom is 0.406 e. The van der Waals surface area contributed by atoms with Gasteiger partial charge in [-0.05, 0) is 9.91 Å². The normalized spacial score (nSPS) is 10.6. The molecule has 0 bridgehead atoms. The quantitative estimate of drug-likeness (QED) is 0.591. The summed E-state index contributed by atoms with van der Waals surface area (Å²) in [5, 5.41) is 22.6. The number of aryl methyl sites for hydroxylation is 1. The number of hydrogen-bond acceptors (Lipinski definition) is 6. The number of carboxylic acids is 1. The molecular formula is C11H14N6O4. The molecule has 0 aliphatic rings. The predicted molar refractivity (Wildman–Crippen MR) is 72.3 cm³/mol.